The molecule has 11 heteroatoms. The van der Waals surface area contributed by atoms with E-state index in [1.807, 2.05) is 31.2 Å². The van der Waals surface area contributed by atoms with Gasteiger partial charge in [0.25, 0.3) is 5.91 Å². The van der Waals surface area contributed by atoms with Crippen LogP contribution in [0.4, 0.5) is 0 Å². The molecule has 3 N–H and O–H groups in total. The summed E-state index contributed by atoms with van der Waals surface area (Å²) in [6.07, 6.45) is 1.70. The Labute approximate surface area is 237 Å². The standard InChI is InChI=1S/C28H34ClN5O4S/c1-16-6-5-7-19(12-16)22(15-35)32-26(36)18(3)34-14-24-21(27(34)37)13-23(39-24)25(17(2)29)33-28(30-4)31-20-8-10-38-11-9-20/h5-7,12-13,18,20,22,35H,4,8-11,14-15H2,1-3H3,(H,31,33)(H,32,36)/b25-17+/t18-,22-/m1/s1. The number of thiophene rings is 1. The Morgan fingerprint density at radius 2 is 2.08 bits per heavy atom. The van der Waals surface area contributed by atoms with Crippen molar-refractivity contribution in [3.8, 4) is 0 Å². The van der Waals surface area contributed by atoms with Crippen molar-refractivity contribution in [2.45, 2.75) is 58.3 Å². The Kier molecular flexibility index (Phi) is 9.55. The van der Waals surface area contributed by atoms with Crippen molar-refractivity contribution in [2.75, 3.05) is 19.8 Å². The average Bonchev–Trinajstić information content (AvgIpc) is 3.48. The normalized spacial score (nSPS) is 18.3. The number of halogens is 1. The summed E-state index contributed by atoms with van der Waals surface area (Å²) in [6, 6.07) is 8.30. The van der Waals surface area contributed by atoms with Crippen LogP contribution in [0.25, 0.3) is 5.70 Å². The first kappa shape index (κ1) is 28.9. The van der Waals surface area contributed by atoms with Crippen molar-refractivity contribution in [3.05, 3.63) is 61.8 Å². The van der Waals surface area contributed by atoms with Crippen molar-refractivity contribution in [1.82, 2.24) is 15.5 Å². The van der Waals surface area contributed by atoms with Gasteiger partial charge in [0.2, 0.25) is 11.9 Å². The maximum Gasteiger partial charge on any atom is 0.256 e. The number of aliphatic hydroxyl groups is 1. The van der Waals surface area contributed by atoms with Crippen molar-refractivity contribution in [2.24, 2.45) is 9.98 Å². The lowest BCUT2D eigenvalue weighted by molar-refractivity contribution is -0.126. The number of hydrogen-bond donors (Lipinski definition) is 3. The summed E-state index contributed by atoms with van der Waals surface area (Å²) in [6.45, 7) is 10.4. The maximum absolute atomic E-state index is 13.3. The molecule has 0 saturated carbocycles. The number of fused-ring (bicyclic) bond motifs is 1. The molecule has 0 unspecified atom stereocenters. The molecular weight excluding hydrogens is 538 g/mol. The molecule has 9 nitrogen and oxygen atoms in total. The molecule has 2 atom stereocenters. The SMILES string of the molecule is C=N/C(=N\C(=C(/C)Cl)c1cc2c(s1)CN([C@H](C)C(=O)N[C@H](CO)c1cccc(C)c1)C2=O)NC1CCOCC1. The van der Waals surface area contributed by atoms with Gasteiger partial charge in [-0.25, -0.2) is 9.98 Å². The molecule has 3 heterocycles. The molecular formula is C28H34ClN5O4S. The Morgan fingerprint density at radius 1 is 1.33 bits per heavy atom. The Morgan fingerprint density at radius 3 is 2.69 bits per heavy atom. The average molecular weight is 572 g/mol. The monoisotopic (exact) mass is 571 g/mol. The quantitative estimate of drug-likeness (QED) is 0.327. The molecule has 1 fully saturated rings. The highest BCUT2D eigenvalue weighted by atomic mass is 35.5. The van der Waals surface area contributed by atoms with Gasteiger partial charge >= 0.3 is 0 Å². The van der Waals surface area contributed by atoms with E-state index in [0.29, 0.717) is 42.0 Å². The maximum atomic E-state index is 13.3. The second kappa shape index (κ2) is 12.9. The number of aliphatic hydroxyl groups excluding tert-OH is 1. The zero-order chi connectivity index (χ0) is 28.1. The van der Waals surface area contributed by atoms with Gasteiger partial charge < -0.3 is 25.4 Å². The van der Waals surface area contributed by atoms with Crippen LogP contribution in [0, 0.1) is 6.92 Å². The van der Waals surface area contributed by atoms with E-state index < -0.39 is 12.1 Å². The number of benzene rings is 1. The predicted octanol–water partition coefficient (Wildman–Crippen LogP) is 4.00. The van der Waals surface area contributed by atoms with Gasteiger partial charge in [-0.1, -0.05) is 41.4 Å². The van der Waals surface area contributed by atoms with Crippen molar-refractivity contribution in [3.63, 3.8) is 0 Å². The second-order valence-electron chi connectivity index (χ2n) is 9.72. The third kappa shape index (κ3) is 6.75. The fourth-order valence-electron chi connectivity index (χ4n) is 4.64. The predicted molar refractivity (Wildman–Crippen MR) is 155 cm³/mol. The lowest BCUT2D eigenvalue weighted by Crippen LogP contribution is -2.46. The summed E-state index contributed by atoms with van der Waals surface area (Å²) in [4.78, 5) is 38.2. The highest BCUT2D eigenvalue weighted by Crippen LogP contribution is 2.37. The second-order valence-corrected chi connectivity index (χ2v) is 11.4. The van der Waals surface area contributed by atoms with E-state index in [9.17, 15) is 14.7 Å². The van der Waals surface area contributed by atoms with Crippen molar-refractivity contribution >= 4 is 53.1 Å². The minimum atomic E-state index is -0.720. The van der Waals surface area contributed by atoms with Crippen molar-refractivity contribution < 1.29 is 19.4 Å². The summed E-state index contributed by atoms with van der Waals surface area (Å²) in [5, 5.41) is 16.5. The fraction of sp³-hybridized carbons (Fsp3) is 0.429. The zero-order valence-corrected chi connectivity index (χ0v) is 23.9. The highest BCUT2D eigenvalue weighted by molar-refractivity contribution is 7.13. The molecule has 0 radical (unpaired) electrons. The van der Waals surface area contributed by atoms with Crippen LogP contribution >= 0.6 is 22.9 Å². The summed E-state index contributed by atoms with van der Waals surface area (Å²) < 4.78 is 5.41. The number of amides is 2. The van der Waals surface area contributed by atoms with Gasteiger partial charge in [-0.15, -0.1) is 11.3 Å². The first-order valence-electron chi connectivity index (χ1n) is 12.9. The lowest BCUT2D eigenvalue weighted by Gasteiger charge is -2.26. The smallest absolute Gasteiger partial charge is 0.256 e. The van der Waals surface area contributed by atoms with Crippen LogP contribution in [0.1, 0.15) is 64.0 Å². The largest absolute Gasteiger partial charge is 0.394 e. The molecule has 2 aliphatic rings. The summed E-state index contributed by atoms with van der Waals surface area (Å²) in [7, 11) is 0. The summed E-state index contributed by atoms with van der Waals surface area (Å²) in [5.41, 5.74) is 2.89. The first-order chi connectivity index (χ1) is 18.7. The fourth-order valence-corrected chi connectivity index (χ4v) is 6.04. The Hall–Kier alpha value is -3.05. The highest BCUT2D eigenvalue weighted by Gasteiger charge is 2.36. The number of aryl methyl sites for hydroxylation is 1. The van der Waals surface area contributed by atoms with Gasteiger partial charge in [0, 0.05) is 29.2 Å². The van der Waals surface area contributed by atoms with Crippen LogP contribution in [0.2, 0.25) is 0 Å². The third-order valence-corrected chi connectivity index (χ3v) is 8.19. The lowest BCUT2D eigenvalue weighted by atomic mass is 10.0. The molecule has 0 bridgehead atoms. The van der Waals surface area contributed by atoms with Crippen LogP contribution in [-0.4, -0.2) is 66.4 Å². The Balaban J connectivity index is 1.47. The van der Waals surface area contributed by atoms with E-state index >= 15 is 0 Å². The van der Waals surface area contributed by atoms with Crippen LogP contribution in [0.5, 0.6) is 0 Å². The number of hydrogen-bond acceptors (Lipinski definition) is 6. The topological polar surface area (TPSA) is 116 Å². The Bertz CT molecular complexity index is 1300. The number of ether oxygens (including phenoxy) is 1. The first-order valence-corrected chi connectivity index (χ1v) is 14.1. The molecule has 0 aliphatic carbocycles. The minimum Gasteiger partial charge on any atom is -0.394 e. The number of guanidine groups is 1. The van der Waals surface area contributed by atoms with Gasteiger partial charge in [-0.2, -0.15) is 0 Å². The van der Waals surface area contributed by atoms with Gasteiger partial charge in [-0.3, -0.25) is 9.59 Å². The molecule has 1 saturated heterocycles. The summed E-state index contributed by atoms with van der Waals surface area (Å²) in [5.74, 6) is -0.193. The molecule has 1 aromatic heterocycles. The van der Waals surface area contributed by atoms with E-state index in [1.165, 1.54) is 16.2 Å². The number of allylic oxidation sites excluding steroid dienone is 1. The van der Waals surface area contributed by atoms with Crippen LogP contribution in [-0.2, 0) is 16.1 Å². The third-order valence-electron chi connectivity index (χ3n) is 6.89. The van der Waals surface area contributed by atoms with Crippen molar-refractivity contribution in [1.29, 1.82) is 0 Å². The molecule has 2 aromatic rings. The molecule has 39 heavy (non-hydrogen) atoms. The molecule has 0 spiro atoms. The molecule has 2 amide bonds. The van der Waals surface area contributed by atoms with E-state index in [-0.39, 0.29) is 24.5 Å². The van der Waals surface area contributed by atoms with E-state index in [4.69, 9.17) is 16.3 Å². The van der Waals surface area contributed by atoms with Gasteiger partial charge in [-0.05, 0) is 52.0 Å². The molecule has 1 aromatic carbocycles. The molecule has 2 aliphatic heterocycles. The molecule has 208 valence electrons. The van der Waals surface area contributed by atoms with E-state index in [2.05, 4.69) is 27.3 Å². The van der Waals surface area contributed by atoms with Gasteiger partial charge in [0.15, 0.2) is 0 Å². The number of nitrogens with zero attached hydrogens (tertiary/aromatic N) is 3. The van der Waals surface area contributed by atoms with E-state index in [1.54, 1.807) is 19.9 Å². The number of nitrogens with one attached hydrogen (secondary N) is 2. The van der Waals surface area contributed by atoms with Gasteiger partial charge in [0.1, 0.15) is 6.04 Å². The van der Waals surface area contributed by atoms with Crippen LogP contribution < -0.4 is 10.6 Å². The summed E-state index contributed by atoms with van der Waals surface area (Å²) >= 11 is 7.84. The number of carbonyl (C=O) groups is 2. The number of rotatable bonds is 8. The van der Waals surface area contributed by atoms with Gasteiger partial charge in [0.05, 0.1) is 35.3 Å². The van der Waals surface area contributed by atoms with E-state index in [0.717, 1.165) is 33.7 Å². The number of carbonyl (C=O) groups excluding carboxylic acids is 2. The minimum absolute atomic E-state index is 0.187. The molecule has 4 rings (SSSR count). The zero-order valence-electron chi connectivity index (χ0n) is 22.4. The van der Waals surface area contributed by atoms with Crippen LogP contribution in [0.15, 0.2) is 45.3 Å². The van der Waals surface area contributed by atoms with Crippen LogP contribution in [0.3, 0.4) is 0 Å². The number of aliphatic imine (C=N–C) groups is 2.